The van der Waals surface area contributed by atoms with E-state index in [1.54, 1.807) is 11.3 Å². The fraction of sp³-hybridized carbons (Fsp3) is 0.583. The van der Waals surface area contributed by atoms with Gasteiger partial charge in [0.15, 0.2) is 0 Å². The van der Waals surface area contributed by atoms with Gasteiger partial charge in [-0.1, -0.05) is 0 Å². The van der Waals surface area contributed by atoms with Crippen LogP contribution in [0, 0.1) is 5.92 Å². The molecule has 0 aliphatic carbocycles. The van der Waals surface area contributed by atoms with Gasteiger partial charge >= 0.3 is 0 Å². The summed E-state index contributed by atoms with van der Waals surface area (Å²) < 4.78 is 1.09. The lowest BCUT2D eigenvalue weighted by Crippen LogP contribution is -2.23. The van der Waals surface area contributed by atoms with Gasteiger partial charge in [-0.2, -0.15) is 0 Å². The van der Waals surface area contributed by atoms with Crippen LogP contribution in [0.1, 0.15) is 24.1 Å². The summed E-state index contributed by atoms with van der Waals surface area (Å²) in [5.41, 5.74) is 0. The predicted octanol–water partition coefficient (Wildman–Crippen LogP) is 2.94. The number of nitrogens with one attached hydrogen (secondary N) is 2. The molecule has 3 nitrogen and oxygen atoms in total. The minimum absolute atomic E-state index is 0. The van der Waals surface area contributed by atoms with E-state index in [2.05, 4.69) is 26.6 Å². The summed E-state index contributed by atoms with van der Waals surface area (Å²) in [6, 6.07) is 2.01. The summed E-state index contributed by atoms with van der Waals surface area (Å²) in [5, 5.41) is 8.32. The van der Waals surface area contributed by atoms with Gasteiger partial charge in [-0.3, -0.25) is 4.79 Å². The fourth-order valence-corrected chi connectivity index (χ4v) is 3.45. The maximum absolute atomic E-state index is 11.7. The smallest absolute Gasteiger partial charge is 0.220 e. The molecule has 1 saturated heterocycles. The van der Waals surface area contributed by atoms with Crippen LogP contribution in [0.25, 0.3) is 0 Å². The standard InChI is InChI=1S/C12H17BrN2OS.ClH/c13-10-4-6-17-11(10)8-15-12(16)2-1-9-3-5-14-7-9;/h4,6,9,14H,1-3,5,7-8H2,(H,15,16);1H. The maximum Gasteiger partial charge on any atom is 0.220 e. The Hall–Kier alpha value is -0.100. The van der Waals surface area contributed by atoms with Gasteiger partial charge in [0.05, 0.1) is 6.54 Å². The van der Waals surface area contributed by atoms with E-state index in [4.69, 9.17) is 0 Å². The molecule has 0 radical (unpaired) electrons. The molecule has 2 N–H and O–H groups in total. The predicted molar refractivity (Wildman–Crippen MR) is 81.3 cm³/mol. The lowest BCUT2D eigenvalue weighted by atomic mass is 10.0. The first kappa shape index (κ1) is 16.0. The number of halogens is 2. The van der Waals surface area contributed by atoms with E-state index in [9.17, 15) is 4.79 Å². The number of carbonyl (C=O) groups excluding carboxylic acids is 1. The maximum atomic E-state index is 11.7. The van der Waals surface area contributed by atoms with Crippen molar-refractivity contribution in [3.8, 4) is 0 Å². The van der Waals surface area contributed by atoms with Crippen LogP contribution >= 0.6 is 39.7 Å². The van der Waals surface area contributed by atoms with Gasteiger partial charge in [0.25, 0.3) is 0 Å². The minimum atomic E-state index is 0. The molecular formula is C12H18BrClN2OS. The van der Waals surface area contributed by atoms with Crippen molar-refractivity contribution in [1.29, 1.82) is 0 Å². The van der Waals surface area contributed by atoms with Crippen LogP contribution in [0.3, 0.4) is 0 Å². The molecule has 0 bridgehead atoms. The van der Waals surface area contributed by atoms with Crippen LogP contribution in [0.5, 0.6) is 0 Å². The van der Waals surface area contributed by atoms with E-state index >= 15 is 0 Å². The molecule has 1 aliphatic rings. The second-order valence-corrected chi connectivity index (χ2v) is 6.22. The Labute approximate surface area is 126 Å². The van der Waals surface area contributed by atoms with Gasteiger partial charge in [-0.25, -0.2) is 0 Å². The quantitative estimate of drug-likeness (QED) is 0.854. The number of hydrogen-bond donors (Lipinski definition) is 2. The first-order valence-corrected chi connectivity index (χ1v) is 7.62. The average Bonchev–Trinajstić information content (AvgIpc) is 2.95. The zero-order valence-corrected chi connectivity index (χ0v) is 13.3. The second kappa shape index (κ2) is 8.15. The molecule has 0 aromatic carbocycles. The highest BCUT2D eigenvalue weighted by molar-refractivity contribution is 9.10. The molecule has 1 atom stereocenters. The molecule has 1 unspecified atom stereocenters. The van der Waals surface area contributed by atoms with Crippen molar-refractivity contribution in [2.24, 2.45) is 5.92 Å². The van der Waals surface area contributed by atoms with Crippen molar-refractivity contribution in [1.82, 2.24) is 10.6 Å². The van der Waals surface area contributed by atoms with Crippen molar-refractivity contribution < 1.29 is 4.79 Å². The molecule has 2 rings (SSSR count). The van der Waals surface area contributed by atoms with E-state index in [1.165, 1.54) is 11.3 Å². The molecule has 0 spiro atoms. The first-order chi connectivity index (χ1) is 8.25. The van der Waals surface area contributed by atoms with Crippen molar-refractivity contribution in [3.63, 3.8) is 0 Å². The lowest BCUT2D eigenvalue weighted by Gasteiger charge is -2.08. The minimum Gasteiger partial charge on any atom is -0.351 e. The Balaban J connectivity index is 0.00000162. The van der Waals surface area contributed by atoms with E-state index < -0.39 is 0 Å². The van der Waals surface area contributed by atoms with Crippen LogP contribution < -0.4 is 10.6 Å². The number of thiophene rings is 1. The summed E-state index contributed by atoms with van der Waals surface area (Å²) in [7, 11) is 0. The third-order valence-corrected chi connectivity index (χ3v) is 5.01. The second-order valence-electron chi connectivity index (χ2n) is 4.37. The van der Waals surface area contributed by atoms with Crippen LogP contribution in [0.2, 0.25) is 0 Å². The number of hydrogen-bond acceptors (Lipinski definition) is 3. The molecule has 1 aromatic rings. The highest BCUT2D eigenvalue weighted by atomic mass is 79.9. The zero-order valence-electron chi connectivity index (χ0n) is 10.1. The lowest BCUT2D eigenvalue weighted by molar-refractivity contribution is -0.121. The topological polar surface area (TPSA) is 41.1 Å². The third-order valence-electron chi connectivity index (χ3n) is 3.08. The van der Waals surface area contributed by atoms with E-state index in [-0.39, 0.29) is 18.3 Å². The Bertz CT molecular complexity index is 380. The number of rotatable bonds is 5. The Kier molecular flexibility index (Phi) is 7.22. The molecular weight excluding hydrogens is 336 g/mol. The van der Waals surface area contributed by atoms with Gasteiger partial charge < -0.3 is 10.6 Å². The van der Waals surface area contributed by atoms with E-state index in [1.807, 2.05) is 11.4 Å². The average molecular weight is 354 g/mol. The third kappa shape index (κ3) is 4.88. The highest BCUT2D eigenvalue weighted by Gasteiger charge is 2.15. The monoisotopic (exact) mass is 352 g/mol. The number of amides is 1. The van der Waals surface area contributed by atoms with Crippen molar-refractivity contribution in [3.05, 3.63) is 20.8 Å². The number of carbonyl (C=O) groups is 1. The van der Waals surface area contributed by atoms with Crippen LogP contribution in [-0.4, -0.2) is 19.0 Å². The molecule has 6 heteroatoms. The van der Waals surface area contributed by atoms with E-state index in [0.29, 0.717) is 18.9 Å². The van der Waals surface area contributed by atoms with E-state index in [0.717, 1.165) is 24.0 Å². The van der Waals surface area contributed by atoms with Crippen molar-refractivity contribution in [2.45, 2.75) is 25.8 Å². The molecule has 2 heterocycles. The van der Waals surface area contributed by atoms with Crippen LogP contribution in [0.4, 0.5) is 0 Å². The van der Waals surface area contributed by atoms with Gasteiger partial charge in [-0.05, 0) is 59.2 Å². The SMILES string of the molecule is Cl.O=C(CCC1CCNC1)NCc1sccc1Br. The summed E-state index contributed by atoms with van der Waals surface area (Å²) in [4.78, 5) is 12.8. The van der Waals surface area contributed by atoms with Gasteiger partial charge in [-0.15, -0.1) is 23.7 Å². The molecule has 0 saturated carbocycles. The Morgan fingerprint density at radius 3 is 3.06 bits per heavy atom. The normalized spacial score (nSPS) is 18.4. The molecule has 18 heavy (non-hydrogen) atoms. The Morgan fingerprint density at radius 2 is 2.44 bits per heavy atom. The Morgan fingerprint density at radius 1 is 1.61 bits per heavy atom. The summed E-state index contributed by atoms with van der Waals surface area (Å²) in [6.07, 6.45) is 2.86. The molecule has 1 amide bonds. The largest absolute Gasteiger partial charge is 0.351 e. The summed E-state index contributed by atoms with van der Waals surface area (Å²) >= 11 is 5.12. The molecule has 1 aliphatic heterocycles. The first-order valence-electron chi connectivity index (χ1n) is 5.95. The van der Waals surface area contributed by atoms with Crippen LogP contribution in [0.15, 0.2) is 15.9 Å². The zero-order chi connectivity index (χ0) is 12.1. The highest BCUT2D eigenvalue weighted by Crippen LogP contribution is 2.22. The van der Waals surface area contributed by atoms with Crippen LogP contribution in [-0.2, 0) is 11.3 Å². The van der Waals surface area contributed by atoms with Crippen molar-refractivity contribution >= 4 is 45.6 Å². The van der Waals surface area contributed by atoms with Crippen molar-refractivity contribution in [2.75, 3.05) is 13.1 Å². The fourth-order valence-electron chi connectivity index (χ4n) is 2.01. The summed E-state index contributed by atoms with van der Waals surface area (Å²) in [6.45, 7) is 2.82. The van der Waals surface area contributed by atoms with Gasteiger partial charge in [0, 0.05) is 15.8 Å². The van der Waals surface area contributed by atoms with Gasteiger partial charge in [0.2, 0.25) is 5.91 Å². The molecule has 102 valence electrons. The molecule has 1 fully saturated rings. The van der Waals surface area contributed by atoms with Gasteiger partial charge in [0.1, 0.15) is 0 Å². The molecule has 1 aromatic heterocycles. The summed E-state index contributed by atoms with van der Waals surface area (Å²) in [5.74, 6) is 0.853.